The first-order valence-corrected chi connectivity index (χ1v) is 16.3. The SMILES string of the molecule is O=C(CCC(=O)ON1C(=O)CCC1=O)OCC1CC12C=CC=C2.O=C(O)CCC(=O)OCC1CC12C=CC=C2.OCC1CC12C=CC=C2. The zero-order valence-corrected chi connectivity index (χ0v) is 26.7. The fourth-order valence-electron chi connectivity index (χ4n) is 6.32. The second kappa shape index (κ2) is 14.7. The Kier molecular flexibility index (Phi) is 10.6. The van der Waals surface area contributed by atoms with Crippen LogP contribution in [0.2, 0.25) is 0 Å². The second-order valence-corrected chi connectivity index (χ2v) is 13.2. The van der Waals surface area contributed by atoms with Crippen LogP contribution in [0, 0.1) is 34.0 Å². The smallest absolute Gasteiger partial charge is 0.333 e. The number of esters is 2. The summed E-state index contributed by atoms with van der Waals surface area (Å²) in [5.41, 5.74) is 0.498. The Hall–Kier alpha value is -4.58. The molecule has 0 radical (unpaired) electrons. The van der Waals surface area contributed by atoms with Crippen molar-refractivity contribution in [2.75, 3.05) is 19.8 Å². The van der Waals surface area contributed by atoms with Crippen molar-refractivity contribution in [3.05, 3.63) is 72.9 Å². The Balaban J connectivity index is 0.000000155. The van der Waals surface area contributed by atoms with Crippen molar-refractivity contribution in [2.45, 2.75) is 57.8 Å². The Morgan fingerprint density at radius 2 is 1.00 bits per heavy atom. The lowest BCUT2D eigenvalue weighted by Gasteiger charge is -2.12. The van der Waals surface area contributed by atoms with Crippen molar-refractivity contribution in [3.63, 3.8) is 0 Å². The van der Waals surface area contributed by atoms with Gasteiger partial charge in [0.25, 0.3) is 11.8 Å². The number of allylic oxidation sites excluding steroid dienone is 12. The summed E-state index contributed by atoms with van der Waals surface area (Å²) >= 11 is 0. The van der Waals surface area contributed by atoms with Crippen LogP contribution in [0.3, 0.4) is 0 Å². The predicted octanol–water partition coefficient (Wildman–Crippen LogP) is 3.69. The van der Waals surface area contributed by atoms with Crippen LogP contribution in [0.1, 0.15) is 57.8 Å². The molecule has 1 heterocycles. The highest BCUT2D eigenvalue weighted by Gasteiger charge is 2.52. The van der Waals surface area contributed by atoms with Crippen LogP contribution in [-0.4, -0.2) is 70.8 Å². The van der Waals surface area contributed by atoms with Crippen LogP contribution < -0.4 is 0 Å². The minimum Gasteiger partial charge on any atom is -0.481 e. The number of carbonyl (C=O) groups excluding carboxylic acids is 5. The van der Waals surface area contributed by atoms with E-state index in [2.05, 4.69) is 53.4 Å². The van der Waals surface area contributed by atoms with E-state index < -0.39 is 35.7 Å². The lowest BCUT2D eigenvalue weighted by Crippen LogP contribution is -2.32. The molecule has 2 amide bonds. The van der Waals surface area contributed by atoms with Gasteiger partial charge in [0.05, 0.1) is 38.9 Å². The maximum absolute atomic E-state index is 11.6. The molecule has 0 aromatic heterocycles. The highest BCUT2D eigenvalue weighted by molar-refractivity contribution is 6.01. The molecule has 7 rings (SSSR count). The van der Waals surface area contributed by atoms with E-state index in [4.69, 9.17) is 19.7 Å². The standard InChI is InChI=1S/C16H17NO6.C12H14O4.C8H10O/c18-12-3-4-13(19)17(12)23-15(21)6-5-14(20)22-10-11-9-16(11)7-1-2-8-16;13-10(14)3-4-11(15)16-8-9-7-12(9)5-1-2-6-12;9-6-7-5-8(7)3-1-2-4-8/h1-2,7-8,11H,3-6,9-10H2;1-2,5-6,9H,3-4,7-8H2,(H,13,14);1-4,7,9H,5-6H2. The maximum Gasteiger partial charge on any atom is 0.333 e. The van der Waals surface area contributed by atoms with Gasteiger partial charge in [0.1, 0.15) is 0 Å². The molecule has 1 saturated heterocycles. The average Bonchev–Trinajstić information content (AvgIpc) is 3.81. The Bertz CT molecular complexity index is 1450. The third-order valence-electron chi connectivity index (χ3n) is 9.76. The number of imide groups is 1. The lowest BCUT2D eigenvalue weighted by molar-refractivity contribution is -0.197. The summed E-state index contributed by atoms with van der Waals surface area (Å²) in [5.74, 6) is -2.57. The van der Waals surface area contributed by atoms with E-state index in [-0.39, 0.29) is 49.4 Å². The molecule has 2 N–H and O–H groups in total. The van der Waals surface area contributed by atoms with Gasteiger partial charge in [-0.3, -0.25) is 24.0 Å². The minimum atomic E-state index is -0.971. The van der Waals surface area contributed by atoms with Crippen molar-refractivity contribution >= 4 is 35.7 Å². The molecule has 256 valence electrons. The van der Waals surface area contributed by atoms with E-state index in [0.29, 0.717) is 48.1 Å². The molecular formula is C36H41NO11. The number of aliphatic hydroxyl groups is 1. The fraction of sp³-hybridized carbons (Fsp3) is 0.500. The molecule has 3 unspecified atom stereocenters. The highest BCUT2D eigenvalue weighted by atomic mass is 16.7. The normalized spacial score (nSPS) is 25.6. The molecule has 0 aromatic carbocycles. The van der Waals surface area contributed by atoms with Crippen molar-refractivity contribution in [2.24, 2.45) is 34.0 Å². The molecule has 1 aliphatic heterocycles. The first-order chi connectivity index (χ1) is 23.0. The molecule has 3 saturated carbocycles. The number of hydrogen-bond acceptors (Lipinski definition) is 10. The molecule has 7 aliphatic rings. The molecule has 48 heavy (non-hydrogen) atoms. The number of nitrogens with zero attached hydrogens (tertiary/aromatic N) is 1. The van der Waals surface area contributed by atoms with Gasteiger partial charge in [-0.1, -0.05) is 72.9 Å². The van der Waals surface area contributed by atoms with Gasteiger partial charge in [-0.2, -0.15) is 0 Å². The van der Waals surface area contributed by atoms with Gasteiger partial charge < -0.3 is 24.5 Å². The largest absolute Gasteiger partial charge is 0.481 e. The quantitative estimate of drug-likeness (QED) is 0.230. The number of ether oxygens (including phenoxy) is 2. The molecule has 6 aliphatic carbocycles. The third-order valence-corrected chi connectivity index (χ3v) is 9.76. The van der Waals surface area contributed by atoms with Crippen LogP contribution in [0.15, 0.2) is 72.9 Å². The maximum atomic E-state index is 11.6. The topological polar surface area (TPSA) is 174 Å². The third kappa shape index (κ3) is 8.66. The number of hydrogen-bond donors (Lipinski definition) is 2. The lowest BCUT2D eigenvalue weighted by atomic mass is 10.1. The molecule has 0 aromatic rings. The van der Waals surface area contributed by atoms with Gasteiger partial charge in [0.2, 0.25) is 0 Å². The molecule has 4 fully saturated rings. The van der Waals surface area contributed by atoms with Crippen molar-refractivity contribution in [1.29, 1.82) is 0 Å². The molecule has 3 spiro atoms. The van der Waals surface area contributed by atoms with E-state index in [9.17, 15) is 28.8 Å². The van der Waals surface area contributed by atoms with Crippen LogP contribution in [0.4, 0.5) is 0 Å². The van der Waals surface area contributed by atoms with Crippen LogP contribution in [0.5, 0.6) is 0 Å². The van der Waals surface area contributed by atoms with Crippen LogP contribution in [0.25, 0.3) is 0 Å². The number of aliphatic hydroxyl groups excluding tert-OH is 1. The summed E-state index contributed by atoms with van der Waals surface area (Å²) in [6.07, 6.45) is 27.6. The van der Waals surface area contributed by atoms with Gasteiger partial charge in [-0.05, 0) is 25.2 Å². The van der Waals surface area contributed by atoms with Gasteiger partial charge in [0, 0.05) is 47.5 Å². The number of carboxylic acids is 1. The average molecular weight is 664 g/mol. The molecule has 0 bridgehead atoms. The number of amides is 2. The van der Waals surface area contributed by atoms with E-state index in [1.807, 2.05) is 24.3 Å². The van der Waals surface area contributed by atoms with Crippen molar-refractivity contribution in [3.8, 4) is 0 Å². The number of carboxylic acid groups (broad SMARTS) is 1. The van der Waals surface area contributed by atoms with Gasteiger partial charge >= 0.3 is 23.9 Å². The fourth-order valence-corrected chi connectivity index (χ4v) is 6.32. The van der Waals surface area contributed by atoms with Gasteiger partial charge in [-0.15, -0.1) is 5.06 Å². The monoisotopic (exact) mass is 663 g/mol. The van der Waals surface area contributed by atoms with Crippen molar-refractivity contribution < 1.29 is 53.3 Å². The van der Waals surface area contributed by atoms with Gasteiger partial charge in [0.15, 0.2) is 0 Å². The van der Waals surface area contributed by atoms with Gasteiger partial charge in [-0.25, -0.2) is 4.79 Å². The second-order valence-electron chi connectivity index (χ2n) is 13.2. The summed E-state index contributed by atoms with van der Waals surface area (Å²) in [7, 11) is 0. The highest BCUT2D eigenvalue weighted by Crippen LogP contribution is 2.58. The summed E-state index contributed by atoms with van der Waals surface area (Å²) in [6, 6.07) is 0. The summed E-state index contributed by atoms with van der Waals surface area (Å²) in [6.45, 7) is 1.06. The van der Waals surface area contributed by atoms with Crippen molar-refractivity contribution in [1.82, 2.24) is 5.06 Å². The summed E-state index contributed by atoms with van der Waals surface area (Å²) in [4.78, 5) is 71.8. The molecular weight excluding hydrogens is 622 g/mol. The molecule has 12 nitrogen and oxygen atoms in total. The predicted molar refractivity (Wildman–Crippen MR) is 169 cm³/mol. The summed E-state index contributed by atoms with van der Waals surface area (Å²) in [5, 5.41) is 17.6. The molecule has 3 atom stereocenters. The first kappa shape index (κ1) is 34.7. The molecule has 12 heteroatoms. The van der Waals surface area contributed by atoms with E-state index in [1.165, 1.54) is 0 Å². The van der Waals surface area contributed by atoms with Crippen LogP contribution in [-0.2, 0) is 43.1 Å². The number of hydroxylamine groups is 2. The Labute approximate surface area is 278 Å². The van der Waals surface area contributed by atoms with E-state index in [0.717, 1.165) is 19.3 Å². The first-order valence-electron chi connectivity index (χ1n) is 16.3. The minimum absolute atomic E-state index is 0.0409. The van der Waals surface area contributed by atoms with E-state index >= 15 is 0 Å². The number of rotatable bonds is 12. The van der Waals surface area contributed by atoms with Crippen LogP contribution >= 0.6 is 0 Å². The Morgan fingerprint density at radius 1 is 0.625 bits per heavy atom. The Morgan fingerprint density at radius 3 is 1.40 bits per heavy atom. The van der Waals surface area contributed by atoms with E-state index in [1.54, 1.807) is 0 Å². The zero-order chi connectivity index (χ0) is 34.4. The zero-order valence-electron chi connectivity index (χ0n) is 26.7. The number of carbonyl (C=O) groups is 6. The summed E-state index contributed by atoms with van der Waals surface area (Å²) < 4.78 is 10.2. The number of aliphatic carboxylic acids is 1.